The molecule has 0 aliphatic heterocycles. The molecule has 0 spiro atoms. The lowest BCUT2D eigenvalue weighted by Crippen LogP contribution is -2.03. The number of aryl methyl sites for hydroxylation is 1. The van der Waals surface area contributed by atoms with E-state index in [1.54, 1.807) is 19.1 Å². The van der Waals surface area contributed by atoms with Gasteiger partial charge in [-0.05, 0) is 24.6 Å². The number of benzene rings is 1. The molecular weight excluding hydrogens is 299 g/mol. The number of hydrogen-bond donors (Lipinski definition) is 0. The second-order valence-electron chi connectivity index (χ2n) is 3.84. The fraction of sp³-hybridized carbons (Fsp3) is 0.167. The van der Waals surface area contributed by atoms with E-state index in [1.807, 2.05) is 0 Å². The maximum Gasteiger partial charge on any atom is 0.443 e. The first-order chi connectivity index (χ1) is 8.79. The van der Waals surface area contributed by atoms with Crippen molar-refractivity contribution in [2.75, 3.05) is 0 Å². The smallest absolute Gasteiger partial charge is 0.288 e. The van der Waals surface area contributed by atoms with Crippen molar-refractivity contribution in [2.24, 2.45) is 0 Å². The summed E-state index contributed by atoms with van der Waals surface area (Å²) in [6.07, 6.45) is -3.62. The quantitative estimate of drug-likeness (QED) is 0.772. The van der Waals surface area contributed by atoms with Crippen molar-refractivity contribution >= 4 is 28.7 Å². The standard InChI is InChI=1S/C12H7ClF3NOS/c1-6-2-3-7(8(13)4-6)10(18)9-5-17-11(19-9)12(14,15)16/h2-5H,1H3. The minimum absolute atomic E-state index is 0.0851. The number of carbonyl (C=O) groups is 1. The molecule has 1 heterocycles. The monoisotopic (exact) mass is 305 g/mol. The normalized spacial score (nSPS) is 11.6. The largest absolute Gasteiger partial charge is 0.443 e. The molecule has 0 N–H and O–H groups in total. The molecule has 2 aromatic rings. The summed E-state index contributed by atoms with van der Waals surface area (Å²) >= 11 is 6.22. The second-order valence-corrected chi connectivity index (χ2v) is 5.28. The van der Waals surface area contributed by atoms with Crippen LogP contribution in [-0.4, -0.2) is 10.8 Å². The average molecular weight is 306 g/mol. The van der Waals surface area contributed by atoms with Gasteiger partial charge in [-0.2, -0.15) is 13.2 Å². The Bertz CT molecular complexity index is 636. The number of carbonyl (C=O) groups excluding carboxylic acids is 1. The second kappa shape index (κ2) is 4.94. The highest BCUT2D eigenvalue weighted by atomic mass is 35.5. The first-order valence-electron chi connectivity index (χ1n) is 5.13. The molecule has 0 saturated heterocycles. The lowest BCUT2D eigenvalue weighted by atomic mass is 10.1. The Kier molecular flexibility index (Phi) is 3.64. The fourth-order valence-corrected chi connectivity index (χ4v) is 2.51. The first kappa shape index (κ1) is 14.0. The summed E-state index contributed by atoms with van der Waals surface area (Å²) < 4.78 is 37.2. The summed E-state index contributed by atoms with van der Waals surface area (Å²) in [7, 11) is 0. The molecule has 0 aliphatic carbocycles. The zero-order chi connectivity index (χ0) is 14.2. The maximum atomic E-state index is 12.4. The van der Waals surface area contributed by atoms with Crippen LogP contribution in [0.5, 0.6) is 0 Å². The minimum atomic E-state index is -4.54. The van der Waals surface area contributed by atoms with Crippen molar-refractivity contribution in [1.29, 1.82) is 0 Å². The van der Waals surface area contributed by atoms with Crippen LogP contribution in [0.2, 0.25) is 5.02 Å². The summed E-state index contributed by atoms with van der Waals surface area (Å²) in [6, 6.07) is 4.75. The molecule has 0 radical (unpaired) electrons. The van der Waals surface area contributed by atoms with Crippen molar-refractivity contribution in [3.63, 3.8) is 0 Å². The molecule has 0 atom stereocenters. The van der Waals surface area contributed by atoms with Gasteiger partial charge in [0.2, 0.25) is 5.78 Å². The van der Waals surface area contributed by atoms with Crippen molar-refractivity contribution in [2.45, 2.75) is 13.1 Å². The predicted molar refractivity (Wildman–Crippen MR) is 66.7 cm³/mol. The third-order valence-corrected chi connectivity index (χ3v) is 3.69. The number of rotatable bonds is 2. The molecule has 2 nitrogen and oxygen atoms in total. The Hall–Kier alpha value is -1.40. The summed E-state index contributed by atoms with van der Waals surface area (Å²) in [6.45, 7) is 1.80. The van der Waals surface area contributed by atoms with Gasteiger partial charge in [-0.1, -0.05) is 17.7 Å². The Morgan fingerprint density at radius 1 is 1.37 bits per heavy atom. The molecule has 0 fully saturated rings. The number of aromatic nitrogens is 1. The first-order valence-corrected chi connectivity index (χ1v) is 6.32. The van der Waals surface area contributed by atoms with Crippen molar-refractivity contribution in [1.82, 2.24) is 4.98 Å². The van der Waals surface area contributed by atoms with Crippen LogP contribution in [0, 0.1) is 6.92 Å². The molecule has 0 unspecified atom stereocenters. The Balaban J connectivity index is 2.37. The molecular formula is C12H7ClF3NOS. The zero-order valence-electron chi connectivity index (χ0n) is 9.58. The third kappa shape index (κ3) is 2.96. The highest BCUT2D eigenvalue weighted by Crippen LogP contribution is 2.33. The molecule has 2 rings (SSSR count). The van der Waals surface area contributed by atoms with E-state index in [-0.39, 0.29) is 15.5 Å². The van der Waals surface area contributed by atoms with Crippen LogP contribution < -0.4 is 0 Å². The Morgan fingerprint density at radius 2 is 2.05 bits per heavy atom. The number of hydrogen-bond acceptors (Lipinski definition) is 3. The van der Waals surface area contributed by atoms with Gasteiger partial charge in [0.1, 0.15) is 0 Å². The van der Waals surface area contributed by atoms with Gasteiger partial charge in [0.25, 0.3) is 0 Å². The molecule has 7 heteroatoms. The SMILES string of the molecule is Cc1ccc(C(=O)c2cnc(C(F)(F)F)s2)c(Cl)c1. The Morgan fingerprint density at radius 3 is 2.58 bits per heavy atom. The van der Waals surface area contributed by atoms with Gasteiger partial charge in [0.05, 0.1) is 9.90 Å². The molecule has 1 aromatic heterocycles. The van der Waals surface area contributed by atoms with Crippen molar-refractivity contribution in [3.8, 4) is 0 Å². The van der Waals surface area contributed by atoms with Crippen LogP contribution in [-0.2, 0) is 6.18 Å². The van der Waals surface area contributed by atoms with Crippen LogP contribution in [0.1, 0.15) is 25.8 Å². The number of halogens is 4. The topological polar surface area (TPSA) is 30.0 Å². The van der Waals surface area contributed by atoms with Crippen LogP contribution in [0.3, 0.4) is 0 Å². The van der Waals surface area contributed by atoms with E-state index >= 15 is 0 Å². The number of nitrogens with zero attached hydrogens (tertiary/aromatic N) is 1. The molecule has 19 heavy (non-hydrogen) atoms. The summed E-state index contributed by atoms with van der Waals surface area (Å²) in [4.78, 5) is 15.2. The van der Waals surface area contributed by atoms with Crippen molar-refractivity contribution in [3.05, 3.63) is 50.4 Å². The van der Waals surface area contributed by atoms with E-state index < -0.39 is 17.0 Å². The van der Waals surface area contributed by atoms with Gasteiger partial charge in [-0.3, -0.25) is 4.79 Å². The van der Waals surface area contributed by atoms with Gasteiger partial charge in [0.15, 0.2) is 5.01 Å². The van der Waals surface area contributed by atoms with E-state index in [0.717, 1.165) is 11.8 Å². The fourth-order valence-electron chi connectivity index (χ4n) is 1.45. The number of alkyl halides is 3. The van der Waals surface area contributed by atoms with Crippen LogP contribution >= 0.6 is 22.9 Å². The zero-order valence-corrected chi connectivity index (χ0v) is 11.2. The molecule has 0 saturated carbocycles. The molecule has 0 amide bonds. The van der Waals surface area contributed by atoms with Gasteiger partial charge < -0.3 is 0 Å². The predicted octanol–water partition coefficient (Wildman–Crippen LogP) is 4.35. The highest BCUT2D eigenvalue weighted by molar-refractivity contribution is 7.14. The minimum Gasteiger partial charge on any atom is -0.288 e. The average Bonchev–Trinajstić information content (AvgIpc) is 2.76. The summed E-state index contributed by atoms with van der Waals surface area (Å²) in [5.41, 5.74) is 1.03. The van der Waals surface area contributed by atoms with Crippen LogP contribution in [0.25, 0.3) is 0 Å². The van der Waals surface area contributed by atoms with E-state index in [9.17, 15) is 18.0 Å². The van der Waals surface area contributed by atoms with Gasteiger partial charge in [-0.15, -0.1) is 11.3 Å². The molecule has 1 aromatic carbocycles. The van der Waals surface area contributed by atoms with E-state index in [1.165, 1.54) is 6.07 Å². The number of thiazole rings is 1. The molecule has 100 valence electrons. The van der Waals surface area contributed by atoms with Crippen LogP contribution in [0.15, 0.2) is 24.4 Å². The lowest BCUT2D eigenvalue weighted by Gasteiger charge is -2.02. The van der Waals surface area contributed by atoms with Gasteiger partial charge in [0, 0.05) is 11.8 Å². The molecule has 0 bridgehead atoms. The molecule has 0 aliphatic rings. The lowest BCUT2D eigenvalue weighted by molar-refractivity contribution is -0.137. The van der Waals surface area contributed by atoms with Gasteiger partial charge >= 0.3 is 6.18 Å². The van der Waals surface area contributed by atoms with Crippen molar-refractivity contribution < 1.29 is 18.0 Å². The van der Waals surface area contributed by atoms with E-state index in [4.69, 9.17) is 11.6 Å². The summed E-state index contributed by atoms with van der Waals surface area (Å²) in [5.74, 6) is -0.557. The highest BCUT2D eigenvalue weighted by Gasteiger charge is 2.35. The Labute approximate surface area is 115 Å². The van der Waals surface area contributed by atoms with E-state index in [0.29, 0.717) is 11.3 Å². The van der Waals surface area contributed by atoms with E-state index in [2.05, 4.69) is 4.98 Å². The maximum absolute atomic E-state index is 12.4. The number of ketones is 1. The third-order valence-electron chi connectivity index (χ3n) is 2.34. The summed E-state index contributed by atoms with van der Waals surface area (Å²) in [5, 5.41) is -0.828. The van der Waals surface area contributed by atoms with Crippen LogP contribution in [0.4, 0.5) is 13.2 Å². The van der Waals surface area contributed by atoms with Gasteiger partial charge in [-0.25, -0.2) is 4.98 Å².